The van der Waals surface area contributed by atoms with Crippen molar-refractivity contribution in [3.8, 4) is 11.4 Å². The Kier molecular flexibility index (Phi) is 6.42. The quantitative estimate of drug-likeness (QED) is 0.433. The van der Waals surface area contributed by atoms with Gasteiger partial charge in [-0.3, -0.25) is 14.5 Å². The van der Waals surface area contributed by atoms with Gasteiger partial charge in [0, 0.05) is 37.3 Å². The molecule has 1 fully saturated rings. The summed E-state index contributed by atoms with van der Waals surface area (Å²) in [5.74, 6) is 0.203. The zero-order valence-corrected chi connectivity index (χ0v) is 19.6. The van der Waals surface area contributed by atoms with Gasteiger partial charge in [-0.25, -0.2) is 0 Å². The van der Waals surface area contributed by atoms with Crippen LogP contribution in [0.3, 0.4) is 0 Å². The summed E-state index contributed by atoms with van der Waals surface area (Å²) in [7, 11) is 0. The molecule has 1 unspecified atom stereocenters. The number of benzene rings is 2. The van der Waals surface area contributed by atoms with Crippen molar-refractivity contribution in [2.45, 2.75) is 39.2 Å². The Labute approximate surface area is 194 Å². The van der Waals surface area contributed by atoms with E-state index >= 15 is 0 Å². The summed E-state index contributed by atoms with van der Waals surface area (Å²) in [6.07, 6.45) is 0. The maximum Gasteiger partial charge on any atom is 0.295 e. The molecule has 0 spiro atoms. The molecule has 0 saturated carbocycles. The van der Waals surface area contributed by atoms with Crippen molar-refractivity contribution in [2.75, 3.05) is 26.2 Å². The van der Waals surface area contributed by atoms with Crippen LogP contribution in [0.25, 0.3) is 11.4 Å². The molecule has 1 aromatic heterocycles. The number of carbonyl (C=O) groups excluding carboxylic acids is 2. The van der Waals surface area contributed by atoms with Gasteiger partial charge in [0.05, 0.1) is 6.04 Å². The SMILES string of the molecule is CC(c1nc(-c2ccccc2)no1)N1CCN(C(=O)C(=O)c2ccc(C(C)(C)C)cc2)CC1. The van der Waals surface area contributed by atoms with Crippen LogP contribution in [0.5, 0.6) is 0 Å². The van der Waals surface area contributed by atoms with E-state index in [4.69, 9.17) is 4.52 Å². The fourth-order valence-electron chi connectivity index (χ4n) is 3.97. The number of hydrogen-bond acceptors (Lipinski definition) is 6. The molecule has 1 aliphatic heterocycles. The molecule has 7 heteroatoms. The lowest BCUT2D eigenvalue weighted by Gasteiger charge is -2.36. The van der Waals surface area contributed by atoms with E-state index in [2.05, 4.69) is 35.8 Å². The van der Waals surface area contributed by atoms with E-state index in [-0.39, 0.29) is 11.5 Å². The van der Waals surface area contributed by atoms with Crippen molar-refractivity contribution in [1.82, 2.24) is 19.9 Å². The fraction of sp³-hybridized carbons (Fsp3) is 0.385. The molecule has 0 radical (unpaired) electrons. The number of Topliss-reactive ketones (excluding diaryl/α,β-unsaturated/α-hetero) is 1. The van der Waals surface area contributed by atoms with Crippen LogP contribution in [-0.4, -0.2) is 57.8 Å². The second-order valence-electron chi connectivity index (χ2n) is 9.48. The van der Waals surface area contributed by atoms with E-state index in [1.54, 1.807) is 17.0 Å². The molecule has 1 atom stereocenters. The van der Waals surface area contributed by atoms with Gasteiger partial charge in [0.1, 0.15) is 0 Å². The lowest BCUT2D eigenvalue weighted by molar-refractivity contribution is -0.128. The molecular weight excluding hydrogens is 416 g/mol. The Hall–Kier alpha value is -3.32. The zero-order chi connectivity index (χ0) is 23.6. The summed E-state index contributed by atoms with van der Waals surface area (Å²) >= 11 is 0. The van der Waals surface area contributed by atoms with Crippen molar-refractivity contribution in [2.24, 2.45) is 0 Å². The highest BCUT2D eigenvalue weighted by atomic mass is 16.5. The Morgan fingerprint density at radius 2 is 1.58 bits per heavy atom. The van der Waals surface area contributed by atoms with Gasteiger partial charge >= 0.3 is 0 Å². The van der Waals surface area contributed by atoms with Gasteiger partial charge in [-0.1, -0.05) is 80.5 Å². The van der Waals surface area contributed by atoms with Crippen LogP contribution in [0.1, 0.15) is 55.5 Å². The van der Waals surface area contributed by atoms with E-state index in [0.717, 1.165) is 11.1 Å². The summed E-state index contributed by atoms with van der Waals surface area (Å²) in [5.41, 5.74) is 2.47. The lowest BCUT2D eigenvalue weighted by atomic mass is 9.86. The number of carbonyl (C=O) groups is 2. The van der Waals surface area contributed by atoms with Crippen molar-refractivity contribution in [3.63, 3.8) is 0 Å². The van der Waals surface area contributed by atoms with Crippen LogP contribution in [0.2, 0.25) is 0 Å². The molecule has 0 bridgehead atoms. The van der Waals surface area contributed by atoms with Gasteiger partial charge in [0.15, 0.2) is 0 Å². The average molecular weight is 447 g/mol. The van der Waals surface area contributed by atoms with Gasteiger partial charge in [0.2, 0.25) is 17.5 Å². The predicted octanol–water partition coefficient (Wildman–Crippen LogP) is 4.12. The maximum absolute atomic E-state index is 12.8. The molecular formula is C26H30N4O3. The van der Waals surface area contributed by atoms with Crippen LogP contribution in [-0.2, 0) is 10.2 Å². The third-order valence-electron chi connectivity index (χ3n) is 6.19. The Bertz CT molecular complexity index is 1110. The van der Waals surface area contributed by atoms with Gasteiger partial charge in [-0.05, 0) is 17.9 Å². The molecule has 2 heterocycles. The zero-order valence-electron chi connectivity index (χ0n) is 19.6. The molecule has 3 aromatic rings. The number of nitrogens with zero attached hydrogens (tertiary/aromatic N) is 4. The van der Waals surface area contributed by atoms with Crippen LogP contribution in [0.15, 0.2) is 59.1 Å². The van der Waals surface area contributed by atoms with Crippen molar-refractivity contribution in [1.29, 1.82) is 0 Å². The number of aromatic nitrogens is 2. The molecule has 7 nitrogen and oxygen atoms in total. The number of rotatable bonds is 5. The van der Waals surface area contributed by atoms with E-state index in [1.165, 1.54) is 0 Å². The highest BCUT2D eigenvalue weighted by Gasteiger charge is 2.30. The largest absolute Gasteiger partial charge is 0.337 e. The van der Waals surface area contributed by atoms with Crippen molar-refractivity contribution < 1.29 is 14.1 Å². The first-order chi connectivity index (χ1) is 15.7. The number of amides is 1. The molecule has 33 heavy (non-hydrogen) atoms. The van der Waals surface area contributed by atoms with Crippen molar-refractivity contribution >= 4 is 11.7 Å². The summed E-state index contributed by atoms with van der Waals surface area (Å²) in [6.45, 7) is 10.6. The normalized spacial score (nSPS) is 15.9. The second-order valence-corrected chi connectivity index (χ2v) is 9.48. The highest BCUT2D eigenvalue weighted by Crippen LogP contribution is 2.24. The van der Waals surface area contributed by atoms with Gasteiger partial charge in [-0.2, -0.15) is 4.98 Å². The second kappa shape index (κ2) is 9.27. The molecule has 4 rings (SSSR count). The van der Waals surface area contributed by atoms with Crippen LogP contribution < -0.4 is 0 Å². The summed E-state index contributed by atoms with van der Waals surface area (Å²) in [6, 6.07) is 17.0. The van der Waals surface area contributed by atoms with Crippen LogP contribution in [0, 0.1) is 0 Å². The molecule has 1 aliphatic rings. The summed E-state index contributed by atoms with van der Waals surface area (Å²) < 4.78 is 5.50. The average Bonchev–Trinajstić information content (AvgIpc) is 3.33. The maximum atomic E-state index is 12.8. The third kappa shape index (κ3) is 5.03. The molecule has 1 saturated heterocycles. The topological polar surface area (TPSA) is 79.5 Å². The lowest BCUT2D eigenvalue weighted by Crippen LogP contribution is -2.51. The molecule has 2 aromatic carbocycles. The van der Waals surface area contributed by atoms with Gasteiger partial charge < -0.3 is 9.42 Å². The Morgan fingerprint density at radius 3 is 2.18 bits per heavy atom. The fourth-order valence-corrected chi connectivity index (χ4v) is 3.97. The van der Waals surface area contributed by atoms with E-state index < -0.39 is 11.7 Å². The molecule has 172 valence electrons. The van der Waals surface area contributed by atoms with Gasteiger partial charge in [0.25, 0.3) is 5.91 Å². The predicted molar refractivity (Wildman–Crippen MR) is 126 cm³/mol. The smallest absolute Gasteiger partial charge is 0.295 e. The standard InChI is InChI=1S/C26H30N4O3/c1-18(24-27-23(28-33-24)20-8-6-5-7-9-20)29-14-16-30(17-15-29)25(32)22(31)19-10-12-21(13-11-19)26(2,3)4/h5-13,18H,14-17H2,1-4H3. The van der Waals surface area contributed by atoms with Crippen LogP contribution >= 0.6 is 0 Å². The minimum Gasteiger partial charge on any atom is -0.337 e. The van der Waals surface area contributed by atoms with Gasteiger partial charge in [-0.15, -0.1) is 0 Å². The summed E-state index contributed by atoms with van der Waals surface area (Å²) in [4.78, 5) is 33.9. The minimum atomic E-state index is -0.457. The van der Waals surface area contributed by atoms with Crippen molar-refractivity contribution in [3.05, 3.63) is 71.6 Å². The number of ketones is 1. The molecule has 0 aliphatic carbocycles. The number of hydrogen-bond donors (Lipinski definition) is 0. The van der Waals surface area contributed by atoms with E-state index in [0.29, 0.717) is 43.5 Å². The first kappa shape index (κ1) is 22.9. The first-order valence-corrected chi connectivity index (χ1v) is 11.3. The Morgan fingerprint density at radius 1 is 0.939 bits per heavy atom. The minimum absolute atomic E-state index is 0.00115. The highest BCUT2D eigenvalue weighted by molar-refractivity contribution is 6.42. The monoisotopic (exact) mass is 446 g/mol. The number of piperazine rings is 1. The molecule has 1 amide bonds. The molecule has 0 N–H and O–H groups in total. The van der Waals surface area contributed by atoms with E-state index in [1.807, 2.05) is 49.4 Å². The third-order valence-corrected chi connectivity index (χ3v) is 6.19. The first-order valence-electron chi connectivity index (χ1n) is 11.3. The summed E-state index contributed by atoms with van der Waals surface area (Å²) in [5, 5.41) is 4.10. The Balaban J connectivity index is 1.35. The van der Waals surface area contributed by atoms with Crippen LogP contribution in [0.4, 0.5) is 0 Å². The van der Waals surface area contributed by atoms with E-state index in [9.17, 15) is 9.59 Å².